The zero-order chi connectivity index (χ0) is 11.4. The monoisotopic (exact) mass is 228 g/mol. The summed E-state index contributed by atoms with van der Waals surface area (Å²) in [5.74, 6) is 0.713. The van der Waals surface area contributed by atoms with Crippen LogP contribution in [0.2, 0.25) is 0 Å². The van der Waals surface area contributed by atoms with Crippen LogP contribution in [0.1, 0.15) is 23.7 Å². The molecule has 4 heteroatoms. The van der Waals surface area contributed by atoms with Gasteiger partial charge in [0.05, 0.1) is 6.10 Å². The summed E-state index contributed by atoms with van der Waals surface area (Å²) in [6.45, 7) is 1.75. The van der Waals surface area contributed by atoms with Gasteiger partial charge < -0.3 is 15.3 Å². The van der Waals surface area contributed by atoms with E-state index in [-0.39, 0.29) is 5.75 Å². The van der Waals surface area contributed by atoms with Gasteiger partial charge in [0.25, 0.3) is 0 Å². The molecular weight excluding hydrogens is 212 g/mol. The predicted molar refractivity (Wildman–Crippen MR) is 62.3 cm³/mol. The Morgan fingerprint density at radius 1 is 1.33 bits per heavy atom. The average molecular weight is 228 g/mol. The third kappa shape index (κ3) is 3.12. The number of thiol groups is 1. The SMILES string of the molecule is Cc1cc(C(O)C(O)CCS)ccc1O. The molecule has 0 bridgehead atoms. The third-order valence-corrected chi connectivity index (χ3v) is 2.61. The van der Waals surface area contributed by atoms with Gasteiger partial charge in [-0.3, -0.25) is 0 Å². The first-order chi connectivity index (χ1) is 7.06. The normalized spacial score (nSPS) is 14.9. The molecule has 0 amide bonds. The number of phenols is 1. The molecule has 0 aliphatic carbocycles. The number of aliphatic hydroxyl groups is 2. The number of rotatable bonds is 4. The molecule has 2 unspecified atom stereocenters. The lowest BCUT2D eigenvalue weighted by Crippen LogP contribution is -2.18. The van der Waals surface area contributed by atoms with Gasteiger partial charge in [-0.15, -0.1) is 0 Å². The second-order valence-corrected chi connectivity index (χ2v) is 4.02. The smallest absolute Gasteiger partial charge is 0.118 e. The van der Waals surface area contributed by atoms with Gasteiger partial charge in [-0.25, -0.2) is 0 Å². The summed E-state index contributed by atoms with van der Waals surface area (Å²) in [5.41, 5.74) is 1.30. The molecule has 3 nitrogen and oxygen atoms in total. The number of aliphatic hydroxyl groups excluding tert-OH is 2. The highest BCUT2D eigenvalue weighted by atomic mass is 32.1. The van der Waals surface area contributed by atoms with Crippen molar-refractivity contribution in [3.63, 3.8) is 0 Å². The predicted octanol–water partition coefficient (Wildman–Crippen LogP) is 1.41. The Kier molecular flexibility index (Phi) is 4.45. The minimum atomic E-state index is -0.920. The van der Waals surface area contributed by atoms with Crippen molar-refractivity contribution in [2.45, 2.75) is 25.6 Å². The van der Waals surface area contributed by atoms with Crippen LogP contribution in [0.5, 0.6) is 5.75 Å². The maximum Gasteiger partial charge on any atom is 0.118 e. The van der Waals surface area contributed by atoms with Gasteiger partial charge in [0, 0.05) is 0 Å². The first kappa shape index (κ1) is 12.4. The highest BCUT2D eigenvalue weighted by Gasteiger charge is 2.17. The molecule has 1 rings (SSSR count). The van der Waals surface area contributed by atoms with Gasteiger partial charge in [-0.2, -0.15) is 12.6 Å². The Morgan fingerprint density at radius 3 is 2.53 bits per heavy atom. The molecular formula is C11H16O3S. The van der Waals surface area contributed by atoms with Crippen LogP contribution in [-0.2, 0) is 0 Å². The van der Waals surface area contributed by atoms with Crippen molar-refractivity contribution in [1.82, 2.24) is 0 Å². The summed E-state index contributed by atoms with van der Waals surface area (Å²) in [5, 5.41) is 28.7. The number of hydrogen-bond acceptors (Lipinski definition) is 4. The zero-order valence-corrected chi connectivity index (χ0v) is 9.48. The molecule has 0 fully saturated rings. The van der Waals surface area contributed by atoms with Gasteiger partial charge in [0.1, 0.15) is 11.9 Å². The van der Waals surface area contributed by atoms with Crippen molar-refractivity contribution < 1.29 is 15.3 Å². The maximum absolute atomic E-state index is 9.77. The lowest BCUT2D eigenvalue weighted by molar-refractivity contribution is 0.0172. The van der Waals surface area contributed by atoms with Crippen LogP contribution >= 0.6 is 12.6 Å². The molecule has 0 saturated carbocycles. The lowest BCUT2D eigenvalue weighted by Gasteiger charge is -2.17. The van der Waals surface area contributed by atoms with Crippen LogP contribution in [0.3, 0.4) is 0 Å². The Labute approximate surface area is 94.8 Å². The Bertz CT molecular complexity index is 328. The molecule has 1 aromatic rings. The minimum absolute atomic E-state index is 0.189. The molecule has 1 aromatic carbocycles. The maximum atomic E-state index is 9.77. The fraction of sp³-hybridized carbons (Fsp3) is 0.455. The lowest BCUT2D eigenvalue weighted by atomic mass is 10.0. The van der Waals surface area contributed by atoms with Crippen molar-refractivity contribution in [3.05, 3.63) is 29.3 Å². The second kappa shape index (κ2) is 5.39. The van der Waals surface area contributed by atoms with Gasteiger partial charge in [-0.05, 0) is 42.4 Å². The summed E-state index contributed by atoms with van der Waals surface area (Å²) in [7, 11) is 0. The van der Waals surface area contributed by atoms with Gasteiger partial charge in [0.15, 0.2) is 0 Å². The number of benzene rings is 1. The van der Waals surface area contributed by atoms with E-state index in [4.69, 9.17) is 0 Å². The van der Waals surface area contributed by atoms with Gasteiger partial charge in [-0.1, -0.05) is 6.07 Å². The molecule has 84 valence electrons. The highest BCUT2D eigenvalue weighted by molar-refractivity contribution is 7.80. The van der Waals surface area contributed by atoms with Crippen LogP contribution < -0.4 is 0 Å². The number of phenolic OH excluding ortho intramolecular Hbond substituents is 1. The fourth-order valence-electron chi connectivity index (χ4n) is 1.37. The molecule has 0 saturated heterocycles. The second-order valence-electron chi connectivity index (χ2n) is 3.57. The first-order valence-electron chi connectivity index (χ1n) is 4.82. The average Bonchev–Trinajstić information content (AvgIpc) is 2.21. The van der Waals surface area contributed by atoms with E-state index >= 15 is 0 Å². The van der Waals surface area contributed by atoms with E-state index in [1.54, 1.807) is 19.1 Å². The van der Waals surface area contributed by atoms with Crippen LogP contribution in [0, 0.1) is 6.92 Å². The molecule has 0 aliphatic rings. The third-order valence-electron chi connectivity index (χ3n) is 2.35. The topological polar surface area (TPSA) is 60.7 Å². The van der Waals surface area contributed by atoms with E-state index in [2.05, 4.69) is 12.6 Å². The Balaban J connectivity index is 2.81. The van der Waals surface area contributed by atoms with E-state index in [1.807, 2.05) is 0 Å². The summed E-state index contributed by atoms with van der Waals surface area (Å²) in [6.07, 6.45) is -1.30. The van der Waals surface area contributed by atoms with Crippen LogP contribution in [-0.4, -0.2) is 27.2 Å². The summed E-state index contributed by atoms with van der Waals surface area (Å²) in [6, 6.07) is 4.79. The molecule has 2 atom stereocenters. The number of aromatic hydroxyl groups is 1. The minimum Gasteiger partial charge on any atom is -0.508 e. The van der Waals surface area contributed by atoms with E-state index < -0.39 is 12.2 Å². The van der Waals surface area contributed by atoms with Crippen molar-refractivity contribution in [2.24, 2.45) is 0 Å². The van der Waals surface area contributed by atoms with Crippen molar-refractivity contribution in [2.75, 3.05) is 5.75 Å². The highest BCUT2D eigenvalue weighted by Crippen LogP contribution is 2.24. The van der Waals surface area contributed by atoms with Crippen molar-refractivity contribution in [1.29, 1.82) is 0 Å². The molecule has 0 spiro atoms. The van der Waals surface area contributed by atoms with Crippen LogP contribution in [0.25, 0.3) is 0 Å². The van der Waals surface area contributed by atoms with Gasteiger partial charge in [0.2, 0.25) is 0 Å². The molecule has 15 heavy (non-hydrogen) atoms. The summed E-state index contributed by atoms with van der Waals surface area (Å²) in [4.78, 5) is 0. The molecule has 3 N–H and O–H groups in total. The first-order valence-corrected chi connectivity index (χ1v) is 5.46. The largest absolute Gasteiger partial charge is 0.508 e. The van der Waals surface area contributed by atoms with E-state index in [1.165, 1.54) is 6.07 Å². The summed E-state index contributed by atoms with van der Waals surface area (Å²) >= 11 is 3.99. The standard InChI is InChI=1S/C11H16O3S/c1-7-6-8(2-3-9(7)12)11(14)10(13)4-5-15/h2-3,6,10-15H,4-5H2,1H3. The molecule has 0 radical (unpaired) electrons. The fourth-order valence-corrected chi connectivity index (χ4v) is 1.64. The zero-order valence-electron chi connectivity index (χ0n) is 8.59. The molecule has 0 aromatic heterocycles. The number of aryl methyl sites for hydroxylation is 1. The Morgan fingerprint density at radius 2 is 2.00 bits per heavy atom. The summed E-state index contributed by atoms with van der Waals surface area (Å²) < 4.78 is 0. The van der Waals surface area contributed by atoms with Crippen molar-refractivity contribution >= 4 is 12.6 Å². The molecule has 0 heterocycles. The van der Waals surface area contributed by atoms with Crippen LogP contribution in [0.15, 0.2) is 18.2 Å². The van der Waals surface area contributed by atoms with Gasteiger partial charge >= 0.3 is 0 Å². The Hall–Kier alpha value is -0.710. The van der Waals surface area contributed by atoms with Crippen LogP contribution in [0.4, 0.5) is 0 Å². The quantitative estimate of drug-likeness (QED) is 0.589. The van der Waals surface area contributed by atoms with E-state index in [0.717, 1.165) is 0 Å². The van der Waals surface area contributed by atoms with E-state index in [9.17, 15) is 15.3 Å². The number of hydrogen-bond donors (Lipinski definition) is 4. The van der Waals surface area contributed by atoms with E-state index in [0.29, 0.717) is 23.3 Å². The molecule has 0 aliphatic heterocycles. The van der Waals surface area contributed by atoms with Crippen molar-refractivity contribution in [3.8, 4) is 5.75 Å².